The average molecular weight is 758 g/mol. The lowest BCUT2D eigenvalue weighted by Crippen LogP contribution is -2.50. The van der Waals surface area contributed by atoms with Crippen molar-refractivity contribution in [3.63, 3.8) is 0 Å². The van der Waals surface area contributed by atoms with E-state index in [1.165, 1.54) is 14.0 Å². The summed E-state index contributed by atoms with van der Waals surface area (Å²) in [7, 11) is 5.48. The third kappa shape index (κ3) is 40.9. The van der Waals surface area contributed by atoms with Gasteiger partial charge in [0.15, 0.2) is 6.29 Å². The fourth-order valence-corrected chi connectivity index (χ4v) is 3.75. The van der Waals surface area contributed by atoms with Crippen LogP contribution in [0.5, 0.6) is 0 Å². The summed E-state index contributed by atoms with van der Waals surface area (Å²) in [6, 6.07) is 0. The van der Waals surface area contributed by atoms with Gasteiger partial charge in [0.1, 0.15) is 12.2 Å². The summed E-state index contributed by atoms with van der Waals surface area (Å²) in [6.07, 6.45) is 1.72. The minimum absolute atomic E-state index is 0.00463. The second-order valence-corrected chi connectivity index (χ2v) is 12.3. The van der Waals surface area contributed by atoms with Crippen molar-refractivity contribution in [1.29, 1.82) is 0 Å². The standard InChI is InChI=1S/C12H26NO5PS.C10H19NO6.C3H7NO.C2H6O.C2H6.CH4O/c1-4-5-8-12(14)13-9-6-7-11(16-2)10-18-19(15,20)17-3;12-5-8-10(15)7(14)4-9(17-8)16-3-1-2-11-6-13;1-3(5)4-2;1-2-3;2*1-2/h11H,4-10H2,1-3H3,(H,13,14)(H,15,20);6-10,12,14-15H,1-5H2,(H,11,13);1-2H3,(H,4,5);3H,2H2,1H3;1-2H3;2H,1H3. The predicted molar refractivity (Wildman–Crippen MR) is 191 cm³/mol. The van der Waals surface area contributed by atoms with Crippen LogP contribution in [0.4, 0.5) is 0 Å². The van der Waals surface area contributed by atoms with Crippen LogP contribution in [0, 0.1) is 0 Å². The number of aliphatic hydroxyl groups is 5. The van der Waals surface area contributed by atoms with Gasteiger partial charge < -0.3 is 69.6 Å². The van der Waals surface area contributed by atoms with Crippen molar-refractivity contribution < 1.29 is 68.1 Å². The fraction of sp³-hybridized carbons (Fsp3) is 0.900. The fourth-order valence-electron chi connectivity index (χ4n) is 3.10. The number of unbranched alkanes of at least 4 members (excludes halogenated alkanes) is 1. The number of aliphatic hydroxyl groups excluding tert-OH is 5. The molecule has 0 aromatic rings. The van der Waals surface area contributed by atoms with Crippen LogP contribution in [0.15, 0.2) is 0 Å². The molecule has 0 spiro atoms. The van der Waals surface area contributed by atoms with Gasteiger partial charge in [-0.3, -0.25) is 14.4 Å². The minimum Gasteiger partial charge on any atom is -0.400 e. The number of ether oxygens (including phenoxy) is 3. The van der Waals surface area contributed by atoms with Crippen LogP contribution in [-0.2, 0) is 49.4 Å². The number of amides is 3. The van der Waals surface area contributed by atoms with E-state index in [2.05, 4.69) is 27.4 Å². The normalized spacial score (nSPS) is 19.2. The van der Waals surface area contributed by atoms with E-state index in [0.717, 1.165) is 26.4 Å². The summed E-state index contributed by atoms with van der Waals surface area (Å²) in [5.74, 6) is 0.0901. The number of methoxy groups -OCH3 is 1. The van der Waals surface area contributed by atoms with Crippen LogP contribution < -0.4 is 16.0 Å². The highest BCUT2D eigenvalue weighted by atomic mass is 32.5. The lowest BCUT2D eigenvalue weighted by Gasteiger charge is -2.36. The zero-order chi connectivity index (χ0) is 39.1. The number of hydrogen-bond acceptors (Lipinski definition) is 14. The molecule has 1 aliphatic heterocycles. The highest BCUT2D eigenvalue weighted by Crippen LogP contribution is 2.42. The van der Waals surface area contributed by atoms with Crippen LogP contribution in [0.3, 0.4) is 0 Å². The molecule has 17 nitrogen and oxygen atoms in total. The van der Waals surface area contributed by atoms with Crippen LogP contribution in [0.2, 0.25) is 0 Å². The first-order valence-electron chi connectivity index (χ1n) is 16.3. The third-order valence-electron chi connectivity index (χ3n) is 5.69. The maximum atomic E-state index is 11.4. The molecular formula is C30H68N3O14PS. The van der Waals surface area contributed by atoms with Crippen molar-refractivity contribution in [2.75, 3.05) is 67.9 Å². The monoisotopic (exact) mass is 757 g/mol. The zero-order valence-electron chi connectivity index (χ0n) is 31.0. The van der Waals surface area contributed by atoms with Gasteiger partial charge in [0.05, 0.1) is 32.0 Å². The van der Waals surface area contributed by atoms with Crippen LogP contribution in [0.1, 0.15) is 79.6 Å². The molecule has 0 bridgehead atoms. The first kappa shape index (κ1) is 57.0. The molecule has 6 unspecified atom stereocenters. The number of carbonyl (C=O) groups excluding carboxylic acids is 3. The topological polar surface area (TPSA) is 255 Å². The van der Waals surface area contributed by atoms with E-state index < -0.39 is 31.3 Å². The molecule has 1 fully saturated rings. The Morgan fingerprint density at radius 1 is 1.08 bits per heavy atom. The van der Waals surface area contributed by atoms with Gasteiger partial charge in [-0.1, -0.05) is 27.2 Å². The molecule has 19 heteroatoms. The molecule has 0 aliphatic carbocycles. The van der Waals surface area contributed by atoms with Gasteiger partial charge in [-0.05, 0) is 44.4 Å². The Labute approximate surface area is 298 Å². The van der Waals surface area contributed by atoms with Gasteiger partial charge >= 0.3 is 6.72 Å². The Morgan fingerprint density at radius 2 is 1.65 bits per heavy atom. The second-order valence-electron chi connectivity index (χ2n) is 9.40. The molecule has 1 heterocycles. The Hall–Kier alpha value is -1.38. The Kier molecular flexibility index (Phi) is 49.8. The van der Waals surface area contributed by atoms with E-state index in [-0.39, 0.29) is 44.2 Å². The van der Waals surface area contributed by atoms with Crippen molar-refractivity contribution in [2.45, 2.75) is 110 Å². The SMILES string of the molecule is CC.CCCCC(=O)NCCCC(COP(O)(=S)OC)OC.CCO.CNC(C)=O.CO.O=CNCCCOC1CC(O)C(O)C(CO)O1. The van der Waals surface area contributed by atoms with Gasteiger partial charge in [0.25, 0.3) is 0 Å². The van der Waals surface area contributed by atoms with E-state index >= 15 is 0 Å². The van der Waals surface area contributed by atoms with Crippen molar-refractivity contribution in [3.8, 4) is 0 Å². The molecule has 1 saturated heterocycles. The summed E-state index contributed by atoms with van der Waals surface area (Å²) in [5, 5.41) is 50.2. The van der Waals surface area contributed by atoms with E-state index in [0.29, 0.717) is 45.4 Å². The summed E-state index contributed by atoms with van der Waals surface area (Å²) < 4.78 is 25.6. The van der Waals surface area contributed by atoms with Gasteiger partial charge in [-0.15, -0.1) is 0 Å². The second kappa shape index (κ2) is 42.8. The van der Waals surface area contributed by atoms with Crippen LogP contribution in [-0.4, -0.2) is 147 Å². The number of carbonyl (C=O) groups is 3. The van der Waals surface area contributed by atoms with Crippen molar-refractivity contribution in [2.24, 2.45) is 0 Å². The molecule has 9 N–H and O–H groups in total. The first-order valence-corrected chi connectivity index (χ1v) is 18.9. The molecule has 0 radical (unpaired) electrons. The average Bonchev–Trinajstić information content (AvgIpc) is 3.10. The molecular weight excluding hydrogens is 689 g/mol. The van der Waals surface area contributed by atoms with Crippen molar-refractivity contribution in [1.82, 2.24) is 16.0 Å². The lowest BCUT2D eigenvalue weighted by atomic mass is 10.0. The molecule has 3 amide bonds. The van der Waals surface area contributed by atoms with E-state index in [1.54, 1.807) is 21.1 Å². The Balaban J connectivity index is -0.000000200. The predicted octanol–water partition coefficient (Wildman–Crippen LogP) is 0.322. The quantitative estimate of drug-likeness (QED) is 0.0489. The highest BCUT2D eigenvalue weighted by molar-refractivity contribution is 8.07. The van der Waals surface area contributed by atoms with Gasteiger partial charge in [-0.2, -0.15) is 0 Å². The molecule has 1 aliphatic rings. The molecule has 1 rings (SSSR count). The van der Waals surface area contributed by atoms with Crippen molar-refractivity contribution >= 4 is 36.7 Å². The van der Waals surface area contributed by atoms with Crippen LogP contribution in [0.25, 0.3) is 0 Å². The van der Waals surface area contributed by atoms with Crippen molar-refractivity contribution in [3.05, 3.63) is 0 Å². The number of nitrogens with one attached hydrogen (secondary N) is 3. The van der Waals surface area contributed by atoms with E-state index in [9.17, 15) is 29.5 Å². The van der Waals surface area contributed by atoms with Gasteiger partial charge in [0, 0.05) is 67.8 Å². The third-order valence-corrected chi connectivity index (χ3v) is 7.39. The molecule has 6 atom stereocenters. The van der Waals surface area contributed by atoms with Gasteiger partial charge in [0.2, 0.25) is 18.2 Å². The van der Waals surface area contributed by atoms with Crippen LogP contribution >= 0.6 is 6.72 Å². The van der Waals surface area contributed by atoms with Gasteiger partial charge in [-0.25, -0.2) is 0 Å². The summed E-state index contributed by atoms with van der Waals surface area (Å²) in [6.45, 7) is 7.63. The molecule has 0 aromatic carbocycles. The molecule has 0 aromatic heterocycles. The summed E-state index contributed by atoms with van der Waals surface area (Å²) >= 11 is 4.73. The molecule has 0 saturated carbocycles. The smallest absolute Gasteiger partial charge is 0.324 e. The number of hydrogen-bond donors (Lipinski definition) is 9. The molecule has 298 valence electrons. The minimum atomic E-state index is -3.12. The summed E-state index contributed by atoms with van der Waals surface area (Å²) in [5.41, 5.74) is 0. The lowest BCUT2D eigenvalue weighted by molar-refractivity contribution is -0.256. The Bertz CT molecular complexity index is 777. The maximum Gasteiger partial charge on any atom is 0.324 e. The Morgan fingerprint density at radius 3 is 2.10 bits per heavy atom. The first-order chi connectivity index (χ1) is 23.3. The van der Waals surface area contributed by atoms with E-state index in [1.807, 2.05) is 13.8 Å². The highest BCUT2D eigenvalue weighted by Gasteiger charge is 2.36. The largest absolute Gasteiger partial charge is 0.400 e. The maximum absolute atomic E-state index is 11.4. The molecule has 49 heavy (non-hydrogen) atoms. The summed E-state index contributed by atoms with van der Waals surface area (Å²) in [4.78, 5) is 40.5. The number of rotatable bonds is 19. The zero-order valence-corrected chi connectivity index (χ0v) is 32.7. The van der Waals surface area contributed by atoms with E-state index in [4.69, 9.17) is 45.9 Å².